The lowest BCUT2D eigenvalue weighted by atomic mass is 9.68. The van der Waals surface area contributed by atoms with Gasteiger partial charge in [0.05, 0.1) is 22.0 Å². The van der Waals surface area contributed by atoms with Crippen LogP contribution >= 0.6 is 11.6 Å². The number of benzene rings is 1. The molecule has 1 heterocycles. The number of halogens is 1. The summed E-state index contributed by atoms with van der Waals surface area (Å²) in [5.41, 5.74) is 4.38. The summed E-state index contributed by atoms with van der Waals surface area (Å²) < 4.78 is 0. The van der Waals surface area contributed by atoms with Crippen LogP contribution in [0.1, 0.15) is 65.7 Å². The second-order valence-corrected chi connectivity index (χ2v) is 8.39. The van der Waals surface area contributed by atoms with Crippen LogP contribution in [0.25, 0.3) is 0 Å². The van der Waals surface area contributed by atoms with Crippen LogP contribution in [0.2, 0.25) is 5.02 Å². The predicted octanol–water partition coefficient (Wildman–Crippen LogP) is 2.49. The monoisotopic (exact) mass is 420 g/mol. The third-order valence-corrected chi connectivity index (χ3v) is 6.77. The SMILES string of the molecule is CC1(C)C2CCC1(C(=O)NNC(=O)c1ccccc1Cl)c1nc(C#N)c(C#N)nc12. The highest BCUT2D eigenvalue weighted by Crippen LogP contribution is 2.67. The van der Waals surface area contributed by atoms with Gasteiger partial charge in [-0.15, -0.1) is 0 Å². The average molecular weight is 421 g/mol. The Morgan fingerprint density at radius 3 is 2.47 bits per heavy atom. The largest absolute Gasteiger partial charge is 0.272 e. The van der Waals surface area contributed by atoms with Gasteiger partial charge in [-0.3, -0.25) is 20.4 Å². The van der Waals surface area contributed by atoms with E-state index in [1.54, 1.807) is 24.3 Å². The highest BCUT2D eigenvalue weighted by Gasteiger charge is 2.68. The number of fused-ring (bicyclic) bond motifs is 5. The van der Waals surface area contributed by atoms with E-state index in [4.69, 9.17) is 11.6 Å². The Hall–Kier alpha value is -3.49. The van der Waals surface area contributed by atoms with Gasteiger partial charge in [-0.05, 0) is 30.4 Å². The summed E-state index contributed by atoms with van der Waals surface area (Å²) in [6.07, 6.45) is 1.19. The molecule has 1 saturated carbocycles. The van der Waals surface area contributed by atoms with Gasteiger partial charge in [-0.2, -0.15) is 10.5 Å². The highest BCUT2D eigenvalue weighted by atomic mass is 35.5. The molecular formula is C21H17ClN6O2. The molecule has 4 rings (SSSR count). The van der Waals surface area contributed by atoms with Gasteiger partial charge >= 0.3 is 0 Å². The van der Waals surface area contributed by atoms with E-state index in [1.165, 1.54) is 0 Å². The Morgan fingerprint density at radius 2 is 1.80 bits per heavy atom. The molecule has 2 aliphatic carbocycles. The number of carbonyl (C=O) groups is 2. The fraction of sp³-hybridized carbons (Fsp3) is 0.333. The van der Waals surface area contributed by atoms with Crippen LogP contribution in [0.4, 0.5) is 0 Å². The van der Waals surface area contributed by atoms with Crippen LogP contribution in [0.3, 0.4) is 0 Å². The lowest BCUT2D eigenvalue weighted by Crippen LogP contribution is -2.55. The normalized spacial score (nSPS) is 22.5. The molecule has 8 nitrogen and oxygen atoms in total. The number of carbonyl (C=O) groups excluding carboxylic acids is 2. The fourth-order valence-electron chi connectivity index (χ4n) is 4.85. The molecule has 0 saturated heterocycles. The maximum atomic E-state index is 13.4. The Bertz CT molecular complexity index is 1180. The molecule has 1 aromatic carbocycles. The topological polar surface area (TPSA) is 132 Å². The van der Waals surface area contributed by atoms with E-state index in [2.05, 4.69) is 20.8 Å². The first-order valence-electron chi connectivity index (χ1n) is 9.36. The van der Waals surface area contributed by atoms with E-state index in [0.717, 1.165) is 0 Å². The van der Waals surface area contributed by atoms with E-state index in [-0.39, 0.29) is 27.9 Å². The van der Waals surface area contributed by atoms with Crippen molar-refractivity contribution >= 4 is 23.4 Å². The zero-order valence-corrected chi connectivity index (χ0v) is 17.0. The summed E-state index contributed by atoms with van der Waals surface area (Å²) >= 11 is 6.05. The second-order valence-electron chi connectivity index (χ2n) is 7.98. The number of nitriles is 2. The van der Waals surface area contributed by atoms with Gasteiger partial charge < -0.3 is 0 Å². The molecule has 2 atom stereocenters. The van der Waals surface area contributed by atoms with Crippen LogP contribution in [-0.4, -0.2) is 21.8 Å². The van der Waals surface area contributed by atoms with Gasteiger partial charge in [0.1, 0.15) is 17.6 Å². The van der Waals surface area contributed by atoms with Gasteiger partial charge in [0.15, 0.2) is 11.4 Å². The van der Waals surface area contributed by atoms with E-state index < -0.39 is 22.6 Å². The third-order valence-electron chi connectivity index (χ3n) is 6.44. The first-order chi connectivity index (χ1) is 14.3. The van der Waals surface area contributed by atoms with Gasteiger partial charge in [0, 0.05) is 5.92 Å². The Labute approximate surface area is 177 Å². The molecule has 1 fully saturated rings. The van der Waals surface area contributed by atoms with Crippen molar-refractivity contribution in [2.75, 3.05) is 0 Å². The van der Waals surface area contributed by atoms with Gasteiger partial charge in [0.2, 0.25) is 0 Å². The number of hydrazine groups is 1. The fourth-order valence-corrected chi connectivity index (χ4v) is 5.07. The number of nitrogens with zero attached hydrogens (tertiary/aromatic N) is 4. The number of rotatable bonds is 2. The van der Waals surface area contributed by atoms with E-state index in [1.807, 2.05) is 26.0 Å². The lowest BCUT2D eigenvalue weighted by molar-refractivity contribution is -0.130. The molecule has 2 N–H and O–H groups in total. The summed E-state index contributed by atoms with van der Waals surface area (Å²) in [6, 6.07) is 10.3. The summed E-state index contributed by atoms with van der Waals surface area (Å²) in [4.78, 5) is 34.6. The lowest BCUT2D eigenvalue weighted by Gasteiger charge is -2.36. The summed E-state index contributed by atoms with van der Waals surface area (Å²) in [5.74, 6) is -1.05. The molecule has 2 unspecified atom stereocenters. The van der Waals surface area contributed by atoms with Crippen LogP contribution in [0.15, 0.2) is 24.3 Å². The van der Waals surface area contributed by atoms with Gasteiger partial charge in [-0.1, -0.05) is 37.6 Å². The molecule has 0 spiro atoms. The van der Waals surface area contributed by atoms with Gasteiger partial charge in [-0.25, -0.2) is 9.97 Å². The first-order valence-corrected chi connectivity index (χ1v) is 9.73. The Kier molecular flexibility index (Phi) is 4.48. The number of hydrogen-bond acceptors (Lipinski definition) is 6. The Morgan fingerprint density at radius 1 is 1.13 bits per heavy atom. The zero-order valence-electron chi connectivity index (χ0n) is 16.3. The molecule has 0 aliphatic heterocycles. The zero-order chi connectivity index (χ0) is 21.7. The number of nitrogens with one attached hydrogen (secondary N) is 2. The molecular weight excluding hydrogens is 404 g/mol. The van der Waals surface area contributed by atoms with Crippen molar-refractivity contribution in [3.05, 3.63) is 57.6 Å². The molecule has 9 heteroatoms. The van der Waals surface area contributed by atoms with Crippen molar-refractivity contribution in [2.45, 2.75) is 38.0 Å². The van der Waals surface area contributed by atoms with Crippen LogP contribution in [0, 0.1) is 28.1 Å². The molecule has 2 bridgehead atoms. The number of aromatic nitrogens is 2. The van der Waals surface area contributed by atoms with Crippen LogP contribution in [0.5, 0.6) is 0 Å². The molecule has 2 aliphatic rings. The van der Waals surface area contributed by atoms with Crippen molar-refractivity contribution in [3.63, 3.8) is 0 Å². The molecule has 1 aromatic heterocycles. The standard InChI is InChI=1S/C21H17ClN6O2/c1-20(2)12-7-8-21(20,17-16(12)25-14(9-23)15(10-24)26-17)19(30)28-27-18(29)11-5-3-4-6-13(11)22/h3-6,12H,7-8H2,1-2H3,(H,27,29)(H,28,30). The van der Waals surface area contributed by atoms with E-state index in [9.17, 15) is 20.1 Å². The van der Waals surface area contributed by atoms with Crippen molar-refractivity contribution in [1.82, 2.24) is 20.8 Å². The molecule has 150 valence electrons. The van der Waals surface area contributed by atoms with Crippen LogP contribution in [-0.2, 0) is 10.2 Å². The smallest absolute Gasteiger partial charge is 0.271 e. The van der Waals surface area contributed by atoms with Crippen molar-refractivity contribution < 1.29 is 9.59 Å². The second kappa shape index (κ2) is 6.79. The van der Waals surface area contributed by atoms with Crippen molar-refractivity contribution in [3.8, 4) is 12.1 Å². The van der Waals surface area contributed by atoms with Crippen molar-refractivity contribution in [2.24, 2.45) is 5.41 Å². The highest BCUT2D eigenvalue weighted by molar-refractivity contribution is 6.33. The molecule has 2 amide bonds. The molecule has 30 heavy (non-hydrogen) atoms. The maximum Gasteiger partial charge on any atom is 0.271 e. The summed E-state index contributed by atoms with van der Waals surface area (Å²) in [6.45, 7) is 3.89. The van der Waals surface area contributed by atoms with E-state index in [0.29, 0.717) is 24.2 Å². The first kappa shape index (κ1) is 19.8. The maximum absolute atomic E-state index is 13.4. The average Bonchev–Trinajstić information content (AvgIpc) is 3.12. The number of hydrogen-bond donors (Lipinski definition) is 2. The summed E-state index contributed by atoms with van der Waals surface area (Å²) in [7, 11) is 0. The summed E-state index contributed by atoms with van der Waals surface area (Å²) in [5, 5.41) is 18.9. The predicted molar refractivity (Wildman–Crippen MR) is 106 cm³/mol. The van der Waals surface area contributed by atoms with Gasteiger partial charge in [0.25, 0.3) is 11.8 Å². The minimum Gasteiger partial charge on any atom is -0.272 e. The molecule has 2 aromatic rings. The quantitative estimate of drug-likeness (QED) is 0.717. The molecule has 0 radical (unpaired) electrons. The van der Waals surface area contributed by atoms with E-state index >= 15 is 0 Å². The Balaban J connectivity index is 1.69. The van der Waals surface area contributed by atoms with Crippen molar-refractivity contribution in [1.29, 1.82) is 10.5 Å². The minimum absolute atomic E-state index is 0.0396. The number of amides is 2. The van der Waals surface area contributed by atoms with Crippen LogP contribution < -0.4 is 10.9 Å². The minimum atomic E-state index is -1.08. The third kappa shape index (κ3) is 2.51.